The van der Waals surface area contributed by atoms with Crippen molar-refractivity contribution in [2.45, 2.75) is 148 Å². The molecule has 0 amide bonds. The van der Waals surface area contributed by atoms with E-state index in [-0.39, 0.29) is 12.4 Å². The molecule has 4 nitrogen and oxygen atoms in total. The average molecular weight is 439 g/mol. The molecule has 0 aromatic heterocycles. The number of esters is 1. The predicted molar refractivity (Wildman–Crippen MR) is 130 cm³/mol. The van der Waals surface area contributed by atoms with E-state index in [2.05, 4.69) is 26.0 Å². The van der Waals surface area contributed by atoms with Gasteiger partial charge in [-0.1, -0.05) is 103 Å². The number of carbonyl (C=O) groups is 2. The van der Waals surface area contributed by atoms with Crippen molar-refractivity contribution in [1.29, 1.82) is 0 Å². The zero-order valence-corrected chi connectivity index (χ0v) is 20.5. The van der Waals surface area contributed by atoms with Crippen LogP contribution in [0.5, 0.6) is 0 Å². The first-order valence-corrected chi connectivity index (χ1v) is 13.2. The van der Waals surface area contributed by atoms with Gasteiger partial charge in [0.2, 0.25) is 0 Å². The molecule has 1 unspecified atom stereocenters. The highest BCUT2D eigenvalue weighted by Gasteiger charge is 2.17. The molecule has 0 saturated heterocycles. The van der Waals surface area contributed by atoms with Crippen LogP contribution in [0.1, 0.15) is 142 Å². The fourth-order valence-corrected chi connectivity index (χ4v) is 3.77. The third kappa shape index (κ3) is 23.2. The van der Waals surface area contributed by atoms with Gasteiger partial charge in [0.1, 0.15) is 6.10 Å². The van der Waals surface area contributed by atoms with E-state index >= 15 is 0 Å². The Balaban J connectivity index is 3.77. The number of ether oxygens (including phenoxy) is 1. The van der Waals surface area contributed by atoms with Crippen molar-refractivity contribution in [3.05, 3.63) is 12.2 Å². The highest BCUT2D eigenvalue weighted by atomic mass is 16.5. The zero-order chi connectivity index (χ0) is 23.0. The van der Waals surface area contributed by atoms with Crippen LogP contribution in [0.2, 0.25) is 0 Å². The van der Waals surface area contributed by atoms with Gasteiger partial charge in [-0.2, -0.15) is 0 Å². The van der Waals surface area contributed by atoms with E-state index in [1.54, 1.807) is 0 Å². The van der Waals surface area contributed by atoms with E-state index in [4.69, 9.17) is 9.84 Å². The summed E-state index contributed by atoms with van der Waals surface area (Å²) in [4.78, 5) is 23.2. The Kier molecular flexibility index (Phi) is 22.4. The van der Waals surface area contributed by atoms with Crippen molar-refractivity contribution in [1.82, 2.24) is 0 Å². The van der Waals surface area contributed by atoms with Gasteiger partial charge in [-0.15, -0.1) is 0 Å². The number of hydrogen-bond acceptors (Lipinski definition) is 3. The Bertz CT molecular complexity index is 445. The quantitative estimate of drug-likeness (QED) is 0.0988. The minimum atomic E-state index is -0.888. The Morgan fingerprint density at radius 2 is 1.23 bits per heavy atom. The summed E-state index contributed by atoms with van der Waals surface area (Å²) in [6, 6.07) is 0. The molecule has 0 bridgehead atoms. The third-order valence-corrected chi connectivity index (χ3v) is 5.72. The maximum Gasteiger partial charge on any atom is 0.307 e. The third-order valence-electron chi connectivity index (χ3n) is 5.72. The normalized spacial score (nSPS) is 12.3. The van der Waals surface area contributed by atoms with E-state index in [9.17, 15) is 9.59 Å². The van der Waals surface area contributed by atoms with Crippen LogP contribution in [0.25, 0.3) is 0 Å². The maximum absolute atomic E-state index is 12.1. The summed E-state index contributed by atoms with van der Waals surface area (Å²) in [5.41, 5.74) is 0. The van der Waals surface area contributed by atoms with Crippen molar-refractivity contribution in [3.8, 4) is 0 Å². The molecule has 0 aromatic carbocycles. The van der Waals surface area contributed by atoms with Crippen LogP contribution in [0.15, 0.2) is 12.2 Å². The van der Waals surface area contributed by atoms with Crippen molar-refractivity contribution in [3.63, 3.8) is 0 Å². The van der Waals surface area contributed by atoms with E-state index in [0.717, 1.165) is 38.5 Å². The second kappa shape index (κ2) is 23.3. The van der Waals surface area contributed by atoms with Gasteiger partial charge < -0.3 is 9.84 Å². The maximum atomic E-state index is 12.1. The highest BCUT2D eigenvalue weighted by Crippen LogP contribution is 2.15. The summed E-state index contributed by atoms with van der Waals surface area (Å²) in [6.07, 6.45) is 25.1. The minimum Gasteiger partial charge on any atom is -0.481 e. The molecular weight excluding hydrogens is 388 g/mol. The van der Waals surface area contributed by atoms with Crippen molar-refractivity contribution >= 4 is 11.9 Å². The van der Waals surface area contributed by atoms with Gasteiger partial charge in [-0.3, -0.25) is 9.59 Å². The fraction of sp³-hybridized carbons (Fsp3) is 0.852. The van der Waals surface area contributed by atoms with E-state index < -0.39 is 12.1 Å². The number of carbonyl (C=O) groups excluding carboxylic acids is 1. The van der Waals surface area contributed by atoms with Gasteiger partial charge in [-0.05, 0) is 38.5 Å². The highest BCUT2D eigenvalue weighted by molar-refractivity contribution is 5.71. The molecule has 0 spiro atoms. The lowest BCUT2D eigenvalue weighted by molar-refractivity contribution is -0.153. The fourth-order valence-electron chi connectivity index (χ4n) is 3.77. The molecule has 1 N–H and O–H groups in total. The number of hydrogen-bond donors (Lipinski definition) is 1. The van der Waals surface area contributed by atoms with Gasteiger partial charge in [0, 0.05) is 6.42 Å². The van der Waals surface area contributed by atoms with E-state index in [1.165, 1.54) is 70.6 Å². The molecule has 0 aliphatic heterocycles. The summed E-state index contributed by atoms with van der Waals surface area (Å²) >= 11 is 0. The number of aliphatic carboxylic acids is 1. The zero-order valence-electron chi connectivity index (χ0n) is 20.5. The number of allylic oxidation sites excluding steroid dienone is 2. The van der Waals surface area contributed by atoms with E-state index in [0.29, 0.717) is 12.8 Å². The topological polar surface area (TPSA) is 63.6 Å². The molecule has 1 atom stereocenters. The Hall–Kier alpha value is -1.32. The average Bonchev–Trinajstić information content (AvgIpc) is 2.73. The molecule has 0 aliphatic carbocycles. The molecule has 0 aliphatic rings. The molecule has 0 rings (SSSR count). The van der Waals surface area contributed by atoms with Crippen molar-refractivity contribution in [2.75, 3.05) is 0 Å². The molecule has 0 saturated carbocycles. The molecule has 0 aromatic rings. The van der Waals surface area contributed by atoms with Crippen LogP contribution in [-0.2, 0) is 14.3 Å². The summed E-state index contributed by atoms with van der Waals surface area (Å²) in [5, 5.41) is 9.10. The van der Waals surface area contributed by atoms with Crippen LogP contribution in [-0.4, -0.2) is 23.1 Å². The second-order valence-corrected chi connectivity index (χ2v) is 8.89. The van der Waals surface area contributed by atoms with Crippen LogP contribution in [0.3, 0.4) is 0 Å². The lowest BCUT2D eigenvalue weighted by atomic mass is 10.0. The van der Waals surface area contributed by atoms with Crippen LogP contribution in [0, 0.1) is 0 Å². The molecule has 0 radical (unpaired) electrons. The summed E-state index contributed by atoms with van der Waals surface area (Å²) in [7, 11) is 0. The molecule has 0 fully saturated rings. The summed E-state index contributed by atoms with van der Waals surface area (Å²) < 4.78 is 5.48. The molecule has 31 heavy (non-hydrogen) atoms. The first-order chi connectivity index (χ1) is 15.1. The van der Waals surface area contributed by atoms with E-state index in [1.807, 2.05) is 0 Å². The predicted octanol–water partition coefficient (Wildman–Crippen LogP) is 8.38. The SMILES string of the molecule is CCCC/C=C\CCCCCCCC(=O)OC(CCCCCCCCCC)CC(=O)O. The Labute approximate surface area is 192 Å². The van der Waals surface area contributed by atoms with Gasteiger partial charge >= 0.3 is 11.9 Å². The number of carboxylic acids is 1. The smallest absolute Gasteiger partial charge is 0.307 e. The molecule has 182 valence electrons. The van der Waals surface area contributed by atoms with Crippen molar-refractivity contribution in [2.24, 2.45) is 0 Å². The van der Waals surface area contributed by atoms with Crippen LogP contribution in [0.4, 0.5) is 0 Å². The van der Waals surface area contributed by atoms with Crippen molar-refractivity contribution < 1.29 is 19.4 Å². The first-order valence-electron chi connectivity index (χ1n) is 13.2. The molecular formula is C27H50O4. The standard InChI is InChI=1S/C27H50O4/c1-3-5-7-9-11-13-14-15-17-19-21-23-27(30)31-25(24-26(28)29)22-20-18-16-12-10-8-6-4-2/h9,11,25H,3-8,10,12-24H2,1-2H3,(H,28,29)/b11-9-. The van der Waals surface area contributed by atoms with Crippen LogP contribution >= 0.6 is 0 Å². The van der Waals surface area contributed by atoms with Gasteiger partial charge in [0.25, 0.3) is 0 Å². The van der Waals surface area contributed by atoms with Gasteiger partial charge in [-0.25, -0.2) is 0 Å². The Morgan fingerprint density at radius 3 is 1.84 bits per heavy atom. The molecule has 0 heterocycles. The lowest BCUT2D eigenvalue weighted by Crippen LogP contribution is -2.21. The molecule has 4 heteroatoms. The minimum absolute atomic E-state index is 0.0754. The number of carboxylic acid groups (broad SMARTS) is 1. The lowest BCUT2D eigenvalue weighted by Gasteiger charge is -2.16. The number of unbranched alkanes of at least 4 members (excludes halogenated alkanes) is 14. The second-order valence-electron chi connectivity index (χ2n) is 8.89. The Morgan fingerprint density at radius 1 is 0.710 bits per heavy atom. The largest absolute Gasteiger partial charge is 0.481 e. The summed E-state index contributed by atoms with van der Waals surface area (Å²) in [6.45, 7) is 4.44. The van der Waals surface area contributed by atoms with Gasteiger partial charge in [0.15, 0.2) is 0 Å². The summed E-state index contributed by atoms with van der Waals surface area (Å²) in [5.74, 6) is -1.12. The van der Waals surface area contributed by atoms with Crippen LogP contribution < -0.4 is 0 Å². The monoisotopic (exact) mass is 438 g/mol. The number of rotatable bonds is 23. The first kappa shape index (κ1) is 29.7. The van der Waals surface area contributed by atoms with Gasteiger partial charge in [0.05, 0.1) is 6.42 Å².